The van der Waals surface area contributed by atoms with E-state index in [1.807, 2.05) is 0 Å². The third kappa shape index (κ3) is 6.75. The Hall–Kier alpha value is -4.80. The summed E-state index contributed by atoms with van der Waals surface area (Å²) in [5.74, 6) is 1.03. The Bertz CT molecular complexity index is 1550. The molecule has 0 spiro atoms. The summed E-state index contributed by atoms with van der Waals surface area (Å²) in [7, 11) is 3.01. The molecule has 0 unspecified atom stereocenters. The number of nitrogens with one attached hydrogen (secondary N) is 2. The number of furan rings is 1. The molecule has 0 aliphatic rings. The molecule has 4 rings (SSSR count). The molecule has 4 aromatic rings. The number of methoxy groups -OCH3 is 2. The van der Waals surface area contributed by atoms with Crippen LogP contribution in [-0.4, -0.2) is 35.2 Å². The fourth-order valence-electron chi connectivity index (χ4n) is 4.19. The van der Waals surface area contributed by atoms with Gasteiger partial charge in [-0.15, -0.1) is 0 Å². The number of para-hydroxylation sites is 1. The number of rotatable bonds is 12. The van der Waals surface area contributed by atoms with Crippen molar-refractivity contribution in [1.82, 2.24) is 14.5 Å². The molecule has 0 saturated carbocycles. The summed E-state index contributed by atoms with van der Waals surface area (Å²) in [6.07, 6.45) is 2.68. The normalized spacial score (nSPS) is 10.8. The molecule has 2 aromatic heterocycles. The third-order valence-electron chi connectivity index (χ3n) is 6.14. The molecule has 2 aromatic carbocycles. The lowest BCUT2D eigenvalue weighted by molar-refractivity contribution is -0.121. The fraction of sp³-hybridized carbons (Fsp3) is 0.286. The van der Waals surface area contributed by atoms with Gasteiger partial charge in [-0.05, 0) is 37.1 Å². The van der Waals surface area contributed by atoms with Crippen LogP contribution in [0.5, 0.6) is 11.5 Å². The Morgan fingerprint density at radius 1 is 0.897 bits per heavy atom. The molecule has 0 radical (unpaired) electrons. The van der Waals surface area contributed by atoms with Crippen molar-refractivity contribution in [1.29, 1.82) is 0 Å². The summed E-state index contributed by atoms with van der Waals surface area (Å²) >= 11 is 0. The summed E-state index contributed by atoms with van der Waals surface area (Å²) in [6, 6.07) is 15.1. The molecule has 39 heavy (non-hydrogen) atoms. The van der Waals surface area contributed by atoms with E-state index >= 15 is 0 Å². The second kappa shape index (κ2) is 12.6. The van der Waals surface area contributed by atoms with Gasteiger partial charge >= 0.3 is 5.69 Å². The Morgan fingerprint density at radius 3 is 2.33 bits per heavy atom. The van der Waals surface area contributed by atoms with Gasteiger partial charge in [0, 0.05) is 36.9 Å². The van der Waals surface area contributed by atoms with E-state index in [0.29, 0.717) is 53.2 Å². The van der Waals surface area contributed by atoms with E-state index in [1.165, 1.54) is 25.0 Å². The molecule has 0 aliphatic heterocycles. The molecule has 0 saturated heterocycles. The van der Waals surface area contributed by atoms with Crippen molar-refractivity contribution in [3.8, 4) is 11.5 Å². The first-order valence-electron chi connectivity index (χ1n) is 12.4. The highest BCUT2D eigenvalue weighted by atomic mass is 16.5. The Balaban J connectivity index is 1.47. The van der Waals surface area contributed by atoms with Crippen LogP contribution in [0.15, 0.2) is 74.9 Å². The predicted octanol–water partition coefficient (Wildman–Crippen LogP) is 2.90. The lowest BCUT2D eigenvalue weighted by Gasteiger charge is -2.15. The zero-order valence-electron chi connectivity index (χ0n) is 21.8. The minimum atomic E-state index is -0.598. The Kier molecular flexibility index (Phi) is 8.82. The van der Waals surface area contributed by atoms with Crippen molar-refractivity contribution in [3.05, 3.63) is 87.5 Å². The predicted molar refractivity (Wildman–Crippen MR) is 145 cm³/mol. The van der Waals surface area contributed by atoms with Gasteiger partial charge in [-0.25, -0.2) is 4.79 Å². The van der Waals surface area contributed by atoms with Gasteiger partial charge in [0.15, 0.2) is 0 Å². The second-order valence-corrected chi connectivity index (χ2v) is 8.81. The minimum absolute atomic E-state index is 0.114. The first-order chi connectivity index (χ1) is 18.9. The second-order valence-electron chi connectivity index (χ2n) is 8.81. The molecule has 0 bridgehead atoms. The smallest absolute Gasteiger partial charge is 0.331 e. The van der Waals surface area contributed by atoms with Crippen LogP contribution in [0.25, 0.3) is 10.9 Å². The average Bonchev–Trinajstić information content (AvgIpc) is 3.47. The van der Waals surface area contributed by atoms with Crippen LogP contribution in [0.1, 0.15) is 25.0 Å². The highest BCUT2D eigenvalue weighted by Crippen LogP contribution is 2.25. The number of ether oxygens (including phenoxy) is 2. The maximum Gasteiger partial charge on any atom is 0.331 e. The summed E-state index contributed by atoms with van der Waals surface area (Å²) in [5.41, 5.74) is -0.238. The summed E-state index contributed by atoms with van der Waals surface area (Å²) in [5, 5.41) is 5.85. The Labute approximate surface area is 224 Å². The van der Waals surface area contributed by atoms with Crippen LogP contribution in [-0.2, 0) is 29.2 Å². The quantitative estimate of drug-likeness (QED) is 0.267. The van der Waals surface area contributed by atoms with Crippen molar-refractivity contribution in [2.24, 2.45) is 0 Å². The van der Waals surface area contributed by atoms with Crippen LogP contribution in [0.3, 0.4) is 0 Å². The van der Waals surface area contributed by atoms with E-state index < -0.39 is 17.2 Å². The maximum absolute atomic E-state index is 13.4. The number of unbranched alkanes of at least 4 members (excludes halogenated alkanes) is 1. The van der Waals surface area contributed by atoms with Gasteiger partial charge in [-0.1, -0.05) is 12.1 Å². The van der Waals surface area contributed by atoms with E-state index in [9.17, 15) is 19.2 Å². The van der Waals surface area contributed by atoms with E-state index in [2.05, 4.69) is 10.6 Å². The third-order valence-corrected chi connectivity index (χ3v) is 6.14. The SMILES string of the molecule is COc1cc(NC(=O)Cn2c(=O)n(CCCCC(=O)NCc3ccco3)c(=O)c3ccccc32)cc(OC)c1. The maximum atomic E-state index is 13.4. The minimum Gasteiger partial charge on any atom is -0.497 e. The first kappa shape index (κ1) is 27.2. The molecule has 11 nitrogen and oxygen atoms in total. The molecule has 2 N–H and O–H groups in total. The highest BCUT2D eigenvalue weighted by Gasteiger charge is 2.16. The number of anilines is 1. The van der Waals surface area contributed by atoms with Gasteiger partial charge in [0.1, 0.15) is 23.8 Å². The molecular weight excluding hydrogens is 504 g/mol. The molecule has 2 amide bonds. The zero-order valence-corrected chi connectivity index (χ0v) is 21.8. The van der Waals surface area contributed by atoms with Gasteiger partial charge in [-0.2, -0.15) is 0 Å². The molecule has 204 valence electrons. The van der Waals surface area contributed by atoms with E-state index in [0.717, 1.165) is 4.57 Å². The molecular formula is C28H30N4O7. The molecule has 11 heteroatoms. The number of hydrogen-bond donors (Lipinski definition) is 2. The topological polar surface area (TPSA) is 134 Å². The van der Waals surface area contributed by atoms with Crippen LogP contribution < -0.4 is 31.4 Å². The number of carbonyl (C=O) groups is 2. The van der Waals surface area contributed by atoms with Gasteiger partial charge in [-0.3, -0.25) is 23.5 Å². The van der Waals surface area contributed by atoms with E-state index in [4.69, 9.17) is 13.9 Å². The number of benzene rings is 2. The zero-order chi connectivity index (χ0) is 27.8. The summed E-state index contributed by atoms with van der Waals surface area (Å²) < 4.78 is 18.1. The number of nitrogens with zero attached hydrogens (tertiary/aromatic N) is 2. The number of hydrogen-bond acceptors (Lipinski definition) is 7. The molecule has 0 fully saturated rings. The first-order valence-corrected chi connectivity index (χ1v) is 12.4. The molecule has 2 heterocycles. The van der Waals surface area contributed by atoms with Crippen molar-refractivity contribution in [3.63, 3.8) is 0 Å². The van der Waals surface area contributed by atoms with Crippen molar-refractivity contribution >= 4 is 28.4 Å². The van der Waals surface area contributed by atoms with Gasteiger partial charge in [0.05, 0.1) is 37.9 Å². The van der Waals surface area contributed by atoms with Gasteiger partial charge < -0.3 is 24.5 Å². The lowest BCUT2D eigenvalue weighted by atomic mass is 10.2. The monoisotopic (exact) mass is 534 g/mol. The average molecular weight is 535 g/mol. The summed E-state index contributed by atoms with van der Waals surface area (Å²) in [6.45, 7) is 0.0995. The van der Waals surface area contributed by atoms with Crippen molar-refractivity contribution in [2.45, 2.75) is 38.9 Å². The van der Waals surface area contributed by atoms with Gasteiger partial charge in [0.2, 0.25) is 11.8 Å². The summed E-state index contributed by atoms with van der Waals surface area (Å²) in [4.78, 5) is 51.6. The fourth-order valence-corrected chi connectivity index (χ4v) is 4.19. The number of fused-ring (bicyclic) bond motifs is 1. The van der Waals surface area contributed by atoms with Gasteiger partial charge in [0.25, 0.3) is 5.56 Å². The lowest BCUT2D eigenvalue weighted by Crippen LogP contribution is -2.41. The number of carbonyl (C=O) groups excluding carboxylic acids is 2. The highest BCUT2D eigenvalue weighted by molar-refractivity contribution is 5.92. The standard InChI is InChI=1S/C28H30N4O7/c1-37-21-14-19(15-22(16-21)38-2)30-26(34)18-32-24-10-4-3-9-23(24)27(35)31(28(32)36)12-6-5-11-25(33)29-17-20-8-7-13-39-20/h3-4,7-10,13-16H,5-6,11-12,17-18H2,1-2H3,(H,29,33)(H,30,34). The van der Waals surface area contributed by atoms with Crippen molar-refractivity contribution < 1.29 is 23.5 Å². The molecule has 0 aliphatic carbocycles. The van der Waals surface area contributed by atoms with Crippen LogP contribution >= 0.6 is 0 Å². The van der Waals surface area contributed by atoms with Crippen LogP contribution in [0.4, 0.5) is 5.69 Å². The van der Waals surface area contributed by atoms with E-state index in [-0.39, 0.29) is 25.4 Å². The van der Waals surface area contributed by atoms with Crippen LogP contribution in [0.2, 0.25) is 0 Å². The molecule has 0 atom stereocenters. The Morgan fingerprint density at radius 2 is 1.64 bits per heavy atom. The number of amides is 2. The van der Waals surface area contributed by atoms with E-state index in [1.54, 1.807) is 54.6 Å². The largest absolute Gasteiger partial charge is 0.497 e. The van der Waals surface area contributed by atoms with Crippen molar-refractivity contribution in [2.75, 3.05) is 19.5 Å². The number of aromatic nitrogens is 2. The van der Waals surface area contributed by atoms with Crippen LogP contribution in [0, 0.1) is 0 Å².